The van der Waals surface area contributed by atoms with Crippen molar-refractivity contribution in [3.8, 4) is 0 Å². The summed E-state index contributed by atoms with van der Waals surface area (Å²) in [6.45, 7) is 8.59. The monoisotopic (exact) mass is 338 g/mol. The van der Waals surface area contributed by atoms with Crippen molar-refractivity contribution in [3.63, 3.8) is 0 Å². The Morgan fingerprint density at radius 3 is 2.08 bits per heavy atom. The Balaban J connectivity index is 1.57. The molecule has 0 heterocycles. The molecule has 1 aromatic rings. The molecule has 0 amide bonds. The van der Waals surface area contributed by atoms with Gasteiger partial charge in [-0.15, -0.1) is 6.58 Å². The van der Waals surface area contributed by atoms with Gasteiger partial charge >= 0.3 is 0 Å². The fraction of sp³-hybridized carbons (Fsp3) is 0.680. The second-order valence-electron chi connectivity index (χ2n) is 8.65. The van der Waals surface area contributed by atoms with Crippen molar-refractivity contribution in [2.24, 2.45) is 17.8 Å². The SMILES string of the molecule is C=CC1CCC(C2CCC(c3ccc(CC)c(CCC)c3)CC2)CC1. The zero-order valence-electron chi connectivity index (χ0n) is 16.6. The molecule has 0 unspecified atom stereocenters. The summed E-state index contributed by atoms with van der Waals surface area (Å²) >= 11 is 0. The first-order valence-corrected chi connectivity index (χ1v) is 11.0. The molecule has 0 atom stereocenters. The normalized spacial score (nSPS) is 30.2. The quantitative estimate of drug-likeness (QED) is 0.472. The summed E-state index contributed by atoms with van der Waals surface area (Å²) in [5, 5.41) is 0. The van der Waals surface area contributed by atoms with Gasteiger partial charge in [-0.1, -0.05) is 44.5 Å². The molecule has 3 rings (SSSR count). The van der Waals surface area contributed by atoms with E-state index in [0.29, 0.717) is 0 Å². The fourth-order valence-corrected chi connectivity index (χ4v) is 5.52. The van der Waals surface area contributed by atoms with Gasteiger partial charge in [0.1, 0.15) is 0 Å². The third kappa shape index (κ3) is 4.57. The van der Waals surface area contributed by atoms with Crippen molar-refractivity contribution < 1.29 is 0 Å². The first-order valence-electron chi connectivity index (χ1n) is 11.0. The van der Waals surface area contributed by atoms with Crippen LogP contribution in [-0.4, -0.2) is 0 Å². The third-order valence-electron chi connectivity index (χ3n) is 7.19. The van der Waals surface area contributed by atoms with Gasteiger partial charge in [0.25, 0.3) is 0 Å². The van der Waals surface area contributed by atoms with E-state index in [1.807, 2.05) is 0 Å². The van der Waals surface area contributed by atoms with Crippen LogP contribution < -0.4 is 0 Å². The van der Waals surface area contributed by atoms with Gasteiger partial charge in [0.05, 0.1) is 0 Å². The maximum atomic E-state index is 4.00. The van der Waals surface area contributed by atoms with Gasteiger partial charge in [-0.2, -0.15) is 0 Å². The number of allylic oxidation sites excluding steroid dienone is 1. The average molecular weight is 339 g/mol. The van der Waals surface area contributed by atoms with Crippen molar-refractivity contribution in [2.75, 3.05) is 0 Å². The topological polar surface area (TPSA) is 0 Å². The highest BCUT2D eigenvalue weighted by atomic mass is 14.4. The van der Waals surface area contributed by atoms with E-state index >= 15 is 0 Å². The van der Waals surface area contributed by atoms with E-state index in [4.69, 9.17) is 0 Å². The molecule has 0 heteroatoms. The van der Waals surface area contributed by atoms with E-state index in [1.165, 1.54) is 70.6 Å². The van der Waals surface area contributed by atoms with Crippen LogP contribution in [0.3, 0.4) is 0 Å². The zero-order chi connectivity index (χ0) is 17.6. The van der Waals surface area contributed by atoms with E-state index in [9.17, 15) is 0 Å². The first kappa shape index (κ1) is 18.7. The molecule has 0 nitrogen and oxygen atoms in total. The summed E-state index contributed by atoms with van der Waals surface area (Å²) in [5.41, 5.74) is 4.82. The van der Waals surface area contributed by atoms with Crippen LogP contribution >= 0.6 is 0 Å². The summed E-state index contributed by atoms with van der Waals surface area (Å²) < 4.78 is 0. The summed E-state index contributed by atoms with van der Waals surface area (Å²) in [7, 11) is 0. The van der Waals surface area contributed by atoms with E-state index in [2.05, 4.69) is 44.7 Å². The predicted molar refractivity (Wildman–Crippen MR) is 110 cm³/mol. The lowest BCUT2D eigenvalue weighted by molar-refractivity contribution is 0.171. The Morgan fingerprint density at radius 2 is 1.52 bits per heavy atom. The third-order valence-corrected chi connectivity index (χ3v) is 7.19. The van der Waals surface area contributed by atoms with Crippen LogP contribution in [0.2, 0.25) is 0 Å². The van der Waals surface area contributed by atoms with Crippen LogP contribution in [0.15, 0.2) is 30.9 Å². The van der Waals surface area contributed by atoms with E-state index in [1.54, 1.807) is 16.7 Å². The fourth-order valence-electron chi connectivity index (χ4n) is 5.52. The van der Waals surface area contributed by atoms with Crippen LogP contribution in [0.1, 0.15) is 94.2 Å². The molecule has 2 aliphatic rings. The Bertz CT molecular complexity index is 539. The molecule has 0 bridgehead atoms. The molecule has 1 aromatic carbocycles. The van der Waals surface area contributed by atoms with Crippen molar-refractivity contribution in [2.45, 2.75) is 90.4 Å². The standard InChI is InChI=1S/C25H38/c1-4-7-24-18-25(17-12-20(24)6-3)23-15-13-22(14-16-23)21-10-8-19(5-2)9-11-21/h5,12,17-19,21-23H,2,4,6-11,13-16H2,1,3H3. The maximum Gasteiger partial charge on any atom is -0.0162 e. The molecule has 0 N–H and O–H groups in total. The highest BCUT2D eigenvalue weighted by Gasteiger charge is 2.30. The van der Waals surface area contributed by atoms with Gasteiger partial charge in [-0.25, -0.2) is 0 Å². The lowest BCUT2D eigenvalue weighted by Gasteiger charge is -2.37. The largest absolute Gasteiger partial charge is 0.103 e. The Kier molecular flexibility index (Phi) is 6.79. The minimum Gasteiger partial charge on any atom is -0.103 e. The summed E-state index contributed by atoms with van der Waals surface area (Å²) in [6, 6.07) is 7.42. The molecule has 2 aliphatic carbocycles. The Labute approximate surface area is 156 Å². The van der Waals surface area contributed by atoms with Gasteiger partial charge < -0.3 is 0 Å². The van der Waals surface area contributed by atoms with Crippen molar-refractivity contribution in [1.29, 1.82) is 0 Å². The molecule has 0 radical (unpaired) electrons. The van der Waals surface area contributed by atoms with Crippen LogP contribution in [-0.2, 0) is 12.8 Å². The number of aryl methyl sites for hydroxylation is 2. The van der Waals surface area contributed by atoms with Crippen LogP contribution in [0.4, 0.5) is 0 Å². The van der Waals surface area contributed by atoms with E-state index in [0.717, 1.165) is 23.7 Å². The zero-order valence-corrected chi connectivity index (χ0v) is 16.6. The number of hydrogen-bond acceptors (Lipinski definition) is 0. The minimum atomic E-state index is 0.807. The molecule has 2 saturated carbocycles. The molecule has 2 fully saturated rings. The highest BCUT2D eigenvalue weighted by molar-refractivity contribution is 5.34. The lowest BCUT2D eigenvalue weighted by Crippen LogP contribution is -2.25. The van der Waals surface area contributed by atoms with Gasteiger partial charge in [-0.05, 0) is 105 Å². The summed E-state index contributed by atoms with van der Waals surface area (Å²) in [6.07, 6.45) is 17.4. The molecule has 0 saturated heterocycles. The number of benzene rings is 1. The molecule has 0 aromatic heterocycles. The van der Waals surface area contributed by atoms with Gasteiger partial charge in [-0.3, -0.25) is 0 Å². The Hall–Kier alpha value is -1.04. The molecule has 138 valence electrons. The van der Waals surface area contributed by atoms with Gasteiger partial charge in [0.2, 0.25) is 0 Å². The van der Waals surface area contributed by atoms with Crippen molar-refractivity contribution >= 4 is 0 Å². The minimum absolute atomic E-state index is 0.807. The lowest BCUT2D eigenvalue weighted by atomic mass is 9.68. The molecular formula is C25H38. The summed E-state index contributed by atoms with van der Waals surface area (Å²) in [4.78, 5) is 0. The van der Waals surface area contributed by atoms with Crippen molar-refractivity contribution in [1.82, 2.24) is 0 Å². The highest BCUT2D eigenvalue weighted by Crippen LogP contribution is 2.44. The van der Waals surface area contributed by atoms with Crippen LogP contribution in [0.25, 0.3) is 0 Å². The van der Waals surface area contributed by atoms with Crippen LogP contribution in [0, 0.1) is 17.8 Å². The summed E-state index contributed by atoms with van der Waals surface area (Å²) in [5.74, 6) is 3.64. The number of rotatable bonds is 6. The average Bonchev–Trinajstić information content (AvgIpc) is 2.68. The number of hydrogen-bond donors (Lipinski definition) is 0. The Morgan fingerprint density at radius 1 is 0.880 bits per heavy atom. The maximum absolute atomic E-state index is 4.00. The van der Waals surface area contributed by atoms with E-state index in [-0.39, 0.29) is 0 Å². The smallest absolute Gasteiger partial charge is 0.0162 e. The van der Waals surface area contributed by atoms with Gasteiger partial charge in [0, 0.05) is 0 Å². The van der Waals surface area contributed by atoms with E-state index < -0.39 is 0 Å². The second-order valence-corrected chi connectivity index (χ2v) is 8.65. The predicted octanol–water partition coefficient (Wildman–Crippen LogP) is 7.47. The first-order chi connectivity index (χ1) is 12.2. The molecular weight excluding hydrogens is 300 g/mol. The molecule has 25 heavy (non-hydrogen) atoms. The second kappa shape index (κ2) is 9.06. The molecule has 0 spiro atoms. The van der Waals surface area contributed by atoms with Crippen LogP contribution in [0.5, 0.6) is 0 Å². The van der Waals surface area contributed by atoms with Gasteiger partial charge in [0.15, 0.2) is 0 Å². The molecule has 0 aliphatic heterocycles. The van der Waals surface area contributed by atoms with Crippen molar-refractivity contribution in [3.05, 3.63) is 47.5 Å².